The molecule has 0 saturated carbocycles. The zero-order valence-electron chi connectivity index (χ0n) is 11.2. The largest absolute Gasteiger partial charge is 0.369 e. The molecular formula is C16H17FN2O. The predicted octanol–water partition coefficient (Wildman–Crippen LogP) is 2.47. The van der Waals surface area contributed by atoms with Crippen molar-refractivity contribution in [2.45, 2.75) is 12.5 Å². The van der Waals surface area contributed by atoms with Gasteiger partial charge in [-0.3, -0.25) is 4.98 Å². The van der Waals surface area contributed by atoms with E-state index < -0.39 is 0 Å². The maximum Gasteiger partial charge on any atom is 0.126 e. The van der Waals surface area contributed by atoms with Gasteiger partial charge in [-0.05, 0) is 23.8 Å². The summed E-state index contributed by atoms with van der Waals surface area (Å²) in [5.41, 5.74) is 2.44. The first-order valence-corrected chi connectivity index (χ1v) is 6.84. The molecule has 2 aromatic rings. The van der Waals surface area contributed by atoms with E-state index >= 15 is 0 Å². The molecule has 0 spiro atoms. The van der Waals surface area contributed by atoms with Gasteiger partial charge in [-0.25, -0.2) is 4.39 Å². The lowest BCUT2D eigenvalue weighted by molar-refractivity contribution is 0.0249. The molecule has 0 aliphatic carbocycles. The van der Waals surface area contributed by atoms with E-state index in [2.05, 4.69) is 10.3 Å². The Balaban J connectivity index is 1.79. The molecule has 1 aliphatic heterocycles. The Kier molecular flexibility index (Phi) is 4.04. The van der Waals surface area contributed by atoms with Crippen molar-refractivity contribution >= 4 is 0 Å². The minimum absolute atomic E-state index is 0.00989. The zero-order chi connectivity index (χ0) is 13.8. The molecule has 3 nitrogen and oxygen atoms in total. The highest BCUT2D eigenvalue weighted by molar-refractivity contribution is 5.24. The second kappa shape index (κ2) is 6.11. The zero-order valence-corrected chi connectivity index (χ0v) is 11.2. The molecule has 1 saturated heterocycles. The molecule has 1 aliphatic rings. The van der Waals surface area contributed by atoms with E-state index in [0.29, 0.717) is 18.6 Å². The molecule has 1 N–H and O–H groups in total. The number of aromatic nitrogens is 1. The van der Waals surface area contributed by atoms with E-state index in [4.69, 9.17) is 4.74 Å². The topological polar surface area (TPSA) is 34.1 Å². The van der Waals surface area contributed by atoms with Gasteiger partial charge >= 0.3 is 0 Å². The maximum absolute atomic E-state index is 13.7. The fourth-order valence-electron chi connectivity index (χ4n) is 2.37. The Bertz CT molecular complexity index is 582. The van der Waals surface area contributed by atoms with Crippen molar-refractivity contribution in [3.63, 3.8) is 0 Å². The Morgan fingerprint density at radius 3 is 2.90 bits per heavy atom. The van der Waals surface area contributed by atoms with Gasteiger partial charge in [-0.1, -0.05) is 24.3 Å². The van der Waals surface area contributed by atoms with Crippen molar-refractivity contribution < 1.29 is 9.13 Å². The smallest absolute Gasteiger partial charge is 0.126 e. The number of pyridine rings is 1. The first kappa shape index (κ1) is 13.2. The number of morpholine rings is 1. The van der Waals surface area contributed by atoms with E-state index in [-0.39, 0.29) is 11.9 Å². The van der Waals surface area contributed by atoms with Crippen LogP contribution in [0.25, 0.3) is 0 Å². The number of nitrogens with zero attached hydrogens (tertiary/aromatic N) is 1. The Labute approximate surface area is 117 Å². The highest BCUT2D eigenvalue weighted by Crippen LogP contribution is 2.18. The molecule has 0 radical (unpaired) electrons. The first-order valence-electron chi connectivity index (χ1n) is 6.84. The lowest BCUT2D eigenvalue weighted by Gasteiger charge is -2.23. The second-order valence-corrected chi connectivity index (χ2v) is 4.89. The summed E-state index contributed by atoms with van der Waals surface area (Å²) in [6.45, 7) is 2.35. The minimum Gasteiger partial charge on any atom is -0.369 e. The van der Waals surface area contributed by atoms with Crippen LogP contribution in [0.1, 0.15) is 23.1 Å². The Morgan fingerprint density at radius 1 is 1.20 bits per heavy atom. The number of hydrogen-bond donors (Lipinski definition) is 1. The van der Waals surface area contributed by atoms with Crippen molar-refractivity contribution in [3.8, 4) is 0 Å². The highest BCUT2D eigenvalue weighted by Gasteiger charge is 2.17. The van der Waals surface area contributed by atoms with E-state index in [0.717, 1.165) is 24.5 Å². The average molecular weight is 272 g/mol. The van der Waals surface area contributed by atoms with Crippen LogP contribution in [-0.2, 0) is 11.2 Å². The van der Waals surface area contributed by atoms with Crippen LogP contribution >= 0.6 is 0 Å². The van der Waals surface area contributed by atoms with Crippen molar-refractivity contribution in [2.75, 3.05) is 19.7 Å². The van der Waals surface area contributed by atoms with E-state index in [1.54, 1.807) is 12.1 Å². The van der Waals surface area contributed by atoms with Crippen molar-refractivity contribution in [1.82, 2.24) is 10.3 Å². The van der Waals surface area contributed by atoms with Crippen LogP contribution < -0.4 is 5.32 Å². The molecule has 2 heterocycles. The molecule has 1 atom stereocenters. The summed E-state index contributed by atoms with van der Waals surface area (Å²) < 4.78 is 19.4. The van der Waals surface area contributed by atoms with E-state index in [1.807, 2.05) is 24.3 Å². The number of hydrogen-bond acceptors (Lipinski definition) is 3. The summed E-state index contributed by atoms with van der Waals surface area (Å²) in [6.07, 6.45) is 0.491. The van der Waals surface area contributed by atoms with Gasteiger partial charge < -0.3 is 10.1 Å². The predicted molar refractivity (Wildman–Crippen MR) is 75.0 cm³/mol. The maximum atomic E-state index is 13.7. The molecular weight excluding hydrogens is 255 g/mol. The van der Waals surface area contributed by atoms with Gasteiger partial charge in [-0.15, -0.1) is 0 Å². The summed E-state index contributed by atoms with van der Waals surface area (Å²) in [5, 5.41) is 3.29. The molecule has 0 amide bonds. The van der Waals surface area contributed by atoms with Gasteiger partial charge in [0.15, 0.2) is 0 Å². The summed E-state index contributed by atoms with van der Waals surface area (Å²) in [6, 6.07) is 12.7. The van der Waals surface area contributed by atoms with Gasteiger partial charge in [-0.2, -0.15) is 0 Å². The van der Waals surface area contributed by atoms with Crippen LogP contribution in [0.4, 0.5) is 4.39 Å². The monoisotopic (exact) mass is 272 g/mol. The number of nitrogens with one attached hydrogen (secondary N) is 1. The van der Waals surface area contributed by atoms with Crippen LogP contribution in [0.15, 0.2) is 42.5 Å². The lowest BCUT2D eigenvalue weighted by atomic mass is 10.1. The van der Waals surface area contributed by atoms with E-state index in [9.17, 15) is 4.39 Å². The molecule has 1 aromatic heterocycles. The molecule has 20 heavy (non-hydrogen) atoms. The molecule has 4 heteroatoms. The molecule has 1 aromatic carbocycles. The number of rotatable bonds is 3. The Hall–Kier alpha value is -1.78. The van der Waals surface area contributed by atoms with E-state index in [1.165, 1.54) is 6.07 Å². The third-order valence-electron chi connectivity index (χ3n) is 3.42. The van der Waals surface area contributed by atoms with Gasteiger partial charge in [0, 0.05) is 25.2 Å². The molecule has 104 valence electrons. The fourth-order valence-corrected chi connectivity index (χ4v) is 2.37. The molecule has 0 unspecified atom stereocenters. The molecule has 1 fully saturated rings. The van der Waals surface area contributed by atoms with Crippen molar-refractivity contribution in [1.29, 1.82) is 0 Å². The molecule has 3 rings (SSSR count). The SMILES string of the molecule is Fc1ccccc1Cc1cccc([C@@H]2CNCCO2)n1. The van der Waals surface area contributed by atoms with Gasteiger partial charge in [0.05, 0.1) is 12.3 Å². The average Bonchev–Trinajstić information content (AvgIpc) is 2.51. The number of ether oxygens (including phenoxy) is 1. The fraction of sp³-hybridized carbons (Fsp3) is 0.312. The standard InChI is InChI=1S/C16H17FN2O/c17-14-6-2-1-4-12(14)10-13-5-3-7-15(19-13)16-11-18-8-9-20-16/h1-7,16,18H,8-11H2/t16-/m0/s1. The second-order valence-electron chi connectivity index (χ2n) is 4.89. The summed E-state index contributed by atoms with van der Waals surface area (Å²) in [7, 11) is 0. The summed E-state index contributed by atoms with van der Waals surface area (Å²) in [4.78, 5) is 4.60. The minimum atomic E-state index is -0.185. The summed E-state index contributed by atoms with van der Waals surface area (Å²) in [5.74, 6) is -0.185. The Morgan fingerprint density at radius 2 is 2.10 bits per heavy atom. The number of halogens is 1. The third-order valence-corrected chi connectivity index (χ3v) is 3.42. The van der Waals surface area contributed by atoms with Crippen molar-refractivity contribution in [2.24, 2.45) is 0 Å². The van der Waals surface area contributed by atoms with Crippen LogP contribution in [-0.4, -0.2) is 24.7 Å². The van der Waals surface area contributed by atoms with Crippen LogP contribution in [0.2, 0.25) is 0 Å². The van der Waals surface area contributed by atoms with Gasteiger partial charge in [0.2, 0.25) is 0 Å². The van der Waals surface area contributed by atoms with Crippen LogP contribution in [0, 0.1) is 5.82 Å². The van der Waals surface area contributed by atoms with Gasteiger partial charge in [0.1, 0.15) is 11.9 Å². The van der Waals surface area contributed by atoms with Crippen molar-refractivity contribution in [3.05, 3.63) is 65.2 Å². The van der Waals surface area contributed by atoms with Gasteiger partial charge in [0.25, 0.3) is 0 Å². The van der Waals surface area contributed by atoms with Crippen LogP contribution in [0.3, 0.4) is 0 Å². The first-order chi connectivity index (χ1) is 9.83. The third kappa shape index (κ3) is 3.03. The van der Waals surface area contributed by atoms with Crippen LogP contribution in [0.5, 0.6) is 0 Å². The lowest BCUT2D eigenvalue weighted by Crippen LogP contribution is -2.33. The quantitative estimate of drug-likeness (QED) is 0.932. The summed E-state index contributed by atoms with van der Waals surface area (Å²) >= 11 is 0. The molecule has 0 bridgehead atoms. The number of benzene rings is 1. The highest BCUT2D eigenvalue weighted by atomic mass is 19.1. The normalized spacial score (nSPS) is 18.9.